The van der Waals surface area contributed by atoms with E-state index in [4.69, 9.17) is 9.84 Å². The zero-order valence-electron chi connectivity index (χ0n) is 10.7. The van der Waals surface area contributed by atoms with Gasteiger partial charge in [0.1, 0.15) is 12.4 Å². The van der Waals surface area contributed by atoms with E-state index in [1.54, 1.807) is 25.3 Å². The summed E-state index contributed by atoms with van der Waals surface area (Å²) in [5.41, 5.74) is 1.87. The molecule has 96 valence electrons. The fourth-order valence-electron chi connectivity index (χ4n) is 2.09. The van der Waals surface area contributed by atoms with E-state index in [-0.39, 0.29) is 11.6 Å². The first-order valence-corrected chi connectivity index (χ1v) is 5.77. The number of imidazole rings is 1. The molecule has 0 saturated carbocycles. The van der Waals surface area contributed by atoms with E-state index in [2.05, 4.69) is 23.4 Å². The second kappa shape index (κ2) is 4.78. The lowest BCUT2D eigenvalue weighted by molar-refractivity contribution is 0.0697. The molecule has 5 heteroatoms. The largest absolute Gasteiger partial charge is 0.478 e. The van der Waals surface area contributed by atoms with Gasteiger partial charge in [-0.05, 0) is 32.0 Å². The highest BCUT2D eigenvalue weighted by molar-refractivity contribution is 5.92. The molecule has 1 N–H and O–H groups in total. The van der Waals surface area contributed by atoms with E-state index < -0.39 is 5.97 Å². The summed E-state index contributed by atoms with van der Waals surface area (Å²) in [6.45, 7) is 4.53. The van der Waals surface area contributed by atoms with Crippen LogP contribution in [0.25, 0.3) is 11.0 Å². The number of aromatic carboxylic acids is 1. The molecule has 2 aromatic rings. The Bertz CT molecular complexity index is 587. The van der Waals surface area contributed by atoms with Crippen molar-refractivity contribution in [2.24, 2.45) is 0 Å². The number of hydrogen-bond acceptors (Lipinski definition) is 3. The smallest absolute Gasteiger partial charge is 0.335 e. The Kier molecular flexibility index (Phi) is 3.34. The fraction of sp³-hybridized carbons (Fsp3) is 0.385. The van der Waals surface area contributed by atoms with Crippen molar-refractivity contribution in [3.05, 3.63) is 29.6 Å². The molecule has 2 rings (SSSR count). The van der Waals surface area contributed by atoms with Gasteiger partial charge in [-0.15, -0.1) is 0 Å². The minimum absolute atomic E-state index is 0.246. The van der Waals surface area contributed by atoms with Crippen molar-refractivity contribution in [1.29, 1.82) is 0 Å². The standard InChI is InChI=1S/C13H16N2O3/c1-8(2)15-11-5-4-9(13(16)17)6-10(11)14-12(15)7-18-3/h4-6,8H,7H2,1-3H3,(H,16,17). The number of methoxy groups -OCH3 is 1. The van der Waals surface area contributed by atoms with E-state index in [0.29, 0.717) is 12.1 Å². The van der Waals surface area contributed by atoms with Crippen LogP contribution in [-0.2, 0) is 11.3 Å². The summed E-state index contributed by atoms with van der Waals surface area (Å²) < 4.78 is 7.19. The zero-order chi connectivity index (χ0) is 13.3. The Hall–Kier alpha value is -1.88. The first-order chi connectivity index (χ1) is 8.54. The topological polar surface area (TPSA) is 64.3 Å². The summed E-state index contributed by atoms with van der Waals surface area (Å²) >= 11 is 0. The van der Waals surface area contributed by atoms with Crippen LogP contribution in [0, 0.1) is 0 Å². The number of nitrogens with zero attached hydrogens (tertiary/aromatic N) is 2. The molecule has 1 aromatic heterocycles. The SMILES string of the molecule is COCc1nc2cc(C(=O)O)ccc2n1C(C)C. The molecule has 0 bridgehead atoms. The minimum Gasteiger partial charge on any atom is -0.478 e. The van der Waals surface area contributed by atoms with Crippen LogP contribution in [0.5, 0.6) is 0 Å². The Morgan fingerprint density at radius 1 is 1.50 bits per heavy atom. The summed E-state index contributed by atoms with van der Waals surface area (Å²) in [4.78, 5) is 15.4. The molecule has 0 aliphatic carbocycles. The fourth-order valence-corrected chi connectivity index (χ4v) is 2.09. The van der Waals surface area contributed by atoms with E-state index >= 15 is 0 Å². The van der Waals surface area contributed by atoms with Gasteiger partial charge in [0.15, 0.2) is 0 Å². The highest BCUT2D eigenvalue weighted by Gasteiger charge is 2.14. The first-order valence-electron chi connectivity index (χ1n) is 5.77. The lowest BCUT2D eigenvalue weighted by Crippen LogP contribution is -2.07. The van der Waals surface area contributed by atoms with Crippen molar-refractivity contribution in [3.8, 4) is 0 Å². The average molecular weight is 248 g/mol. The second-order valence-electron chi connectivity index (χ2n) is 4.43. The van der Waals surface area contributed by atoms with Crippen LogP contribution in [0.2, 0.25) is 0 Å². The summed E-state index contributed by atoms with van der Waals surface area (Å²) in [5, 5.41) is 8.97. The molecule has 0 spiro atoms. The number of fused-ring (bicyclic) bond motifs is 1. The quantitative estimate of drug-likeness (QED) is 0.902. The van der Waals surface area contributed by atoms with E-state index in [1.807, 2.05) is 0 Å². The Morgan fingerprint density at radius 2 is 2.22 bits per heavy atom. The van der Waals surface area contributed by atoms with Crippen molar-refractivity contribution < 1.29 is 14.6 Å². The molecule has 0 radical (unpaired) electrons. The van der Waals surface area contributed by atoms with Gasteiger partial charge in [-0.1, -0.05) is 0 Å². The van der Waals surface area contributed by atoms with Gasteiger partial charge in [0.25, 0.3) is 0 Å². The number of carbonyl (C=O) groups is 1. The Morgan fingerprint density at radius 3 is 2.78 bits per heavy atom. The first kappa shape index (κ1) is 12.6. The molecular weight excluding hydrogens is 232 g/mol. The molecule has 0 unspecified atom stereocenters. The number of aromatic nitrogens is 2. The number of hydrogen-bond donors (Lipinski definition) is 1. The van der Waals surface area contributed by atoms with Crippen molar-refractivity contribution in [2.45, 2.75) is 26.5 Å². The van der Waals surface area contributed by atoms with Crippen molar-refractivity contribution >= 4 is 17.0 Å². The lowest BCUT2D eigenvalue weighted by atomic mass is 10.2. The van der Waals surface area contributed by atoms with Gasteiger partial charge in [-0.2, -0.15) is 0 Å². The molecule has 0 atom stereocenters. The van der Waals surface area contributed by atoms with E-state index in [9.17, 15) is 4.79 Å². The van der Waals surface area contributed by atoms with Gasteiger partial charge >= 0.3 is 5.97 Å². The molecule has 0 saturated heterocycles. The van der Waals surface area contributed by atoms with Gasteiger partial charge in [0, 0.05) is 13.2 Å². The van der Waals surface area contributed by atoms with Crippen molar-refractivity contribution in [2.75, 3.05) is 7.11 Å². The third-order valence-corrected chi connectivity index (χ3v) is 2.80. The van der Waals surface area contributed by atoms with Gasteiger partial charge in [0.05, 0.1) is 16.6 Å². The molecular formula is C13H16N2O3. The highest BCUT2D eigenvalue weighted by atomic mass is 16.5. The normalized spacial score (nSPS) is 11.3. The molecule has 0 aliphatic rings. The summed E-state index contributed by atoms with van der Waals surface area (Å²) in [6.07, 6.45) is 0. The van der Waals surface area contributed by atoms with Crippen LogP contribution < -0.4 is 0 Å². The van der Waals surface area contributed by atoms with Gasteiger partial charge in [-0.25, -0.2) is 9.78 Å². The molecule has 18 heavy (non-hydrogen) atoms. The van der Waals surface area contributed by atoms with Crippen LogP contribution in [0.3, 0.4) is 0 Å². The molecule has 0 fully saturated rings. The maximum atomic E-state index is 10.9. The molecule has 0 amide bonds. The zero-order valence-corrected chi connectivity index (χ0v) is 10.7. The molecule has 5 nitrogen and oxygen atoms in total. The van der Waals surface area contributed by atoms with E-state index in [0.717, 1.165) is 11.3 Å². The van der Waals surface area contributed by atoms with Gasteiger partial charge < -0.3 is 14.4 Å². The Balaban J connectivity index is 2.64. The molecule has 0 aliphatic heterocycles. The Labute approximate surface area is 105 Å². The van der Waals surface area contributed by atoms with E-state index in [1.165, 1.54) is 0 Å². The summed E-state index contributed by atoms with van der Waals surface area (Å²) in [5.74, 6) is -0.130. The third-order valence-electron chi connectivity index (χ3n) is 2.80. The monoisotopic (exact) mass is 248 g/mol. The third kappa shape index (κ3) is 2.09. The van der Waals surface area contributed by atoms with Gasteiger partial charge in [-0.3, -0.25) is 0 Å². The molecule has 1 heterocycles. The summed E-state index contributed by atoms with van der Waals surface area (Å²) in [6, 6.07) is 5.23. The number of ether oxygens (including phenoxy) is 1. The predicted octanol–water partition coefficient (Wildman–Crippen LogP) is 2.46. The van der Waals surface area contributed by atoms with Crippen LogP contribution >= 0.6 is 0 Å². The van der Waals surface area contributed by atoms with Crippen LogP contribution in [0.15, 0.2) is 18.2 Å². The second-order valence-corrected chi connectivity index (χ2v) is 4.43. The van der Waals surface area contributed by atoms with Crippen LogP contribution in [-0.4, -0.2) is 27.7 Å². The highest BCUT2D eigenvalue weighted by Crippen LogP contribution is 2.22. The maximum absolute atomic E-state index is 10.9. The summed E-state index contributed by atoms with van der Waals surface area (Å²) in [7, 11) is 1.62. The minimum atomic E-state index is -0.940. The van der Waals surface area contributed by atoms with Crippen LogP contribution in [0.1, 0.15) is 36.1 Å². The number of benzene rings is 1. The van der Waals surface area contributed by atoms with Crippen molar-refractivity contribution in [1.82, 2.24) is 9.55 Å². The predicted molar refractivity (Wildman–Crippen MR) is 67.8 cm³/mol. The number of carboxylic acid groups (broad SMARTS) is 1. The van der Waals surface area contributed by atoms with Gasteiger partial charge in [0.2, 0.25) is 0 Å². The van der Waals surface area contributed by atoms with Crippen molar-refractivity contribution in [3.63, 3.8) is 0 Å². The number of rotatable bonds is 4. The number of carboxylic acids is 1. The lowest BCUT2D eigenvalue weighted by Gasteiger charge is -2.12. The maximum Gasteiger partial charge on any atom is 0.335 e. The van der Waals surface area contributed by atoms with Crippen LogP contribution in [0.4, 0.5) is 0 Å². The molecule has 1 aromatic carbocycles. The average Bonchev–Trinajstić information content (AvgIpc) is 2.66.